The van der Waals surface area contributed by atoms with Gasteiger partial charge in [-0.2, -0.15) is 0 Å². The van der Waals surface area contributed by atoms with Gasteiger partial charge in [0.1, 0.15) is 15.6 Å². The molecule has 39 heavy (non-hydrogen) atoms. The van der Waals surface area contributed by atoms with Gasteiger partial charge in [0.25, 0.3) is 5.91 Å². The number of carbonyl (C=O) groups is 3. The number of fused-ring (bicyclic) bond motifs is 1. The van der Waals surface area contributed by atoms with Gasteiger partial charge >= 0.3 is 11.9 Å². The zero-order chi connectivity index (χ0) is 28.3. The Kier molecular flexibility index (Phi) is 8.30. The van der Waals surface area contributed by atoms with Gasteiger partial charge in [-0.15, -0.1) is 11.3 Å². The number of ether oxygens (including phenoxy) is 3. The number of esters is 2. The molecule has 202 valence electrons. The number of aromatic nitrogens is 1. The summed E-state index contributed by atoms with van der Waals surface area (Å²) in [5.74, 6) is -0.941. The maximum absolute atomic E-state index is 13.8. The largest absolute Gasteiger partial charge is 0.497 e. The Labute approximate surface area is 230 Å². The van der Waals surface area contributed by atoms with Crippen molar-refractivity contribution in [2.45, 2.75) is 46.8 Å². The van der Waals surface area contributed by atoms with E-state index in [-0.39, 0.29) is 27.6 Å². The number of carbonyl (C=O) groups excluding carboxylic acids is 3. The van der Waals surface area contributed by atoms with Crippen LogP contribution in [0.1, 0.15) is 63.6 Å². The number of nitrogens with one attached hydrogen (secondary N) is 1. The monoisotopic (exact) mass is 546 g/mol. The minimum absolute atomic E-state index is 0.131. The van der Waals surface area contributed by atoms with E-state index in [1.165, 1.54) is 0 Å². The number of pyridine rings is 1. The molecule has 0 saturated carbocycles. The Morgan fingerprint density at radius 2 is 1.54 bits per heavy atom. The van der Waals surface area contributed by atoms with Crippen molar-refractivity contribution >= 4 is 45.1 Å². The van der Waals surface area contributed by atoms with E-state index in [4.69, 9.17) is 19.2 Å². The van der Waals surface area contributed by atoms with Gasteiger partial charge in [-0.1, -0.05) is 18.2 Å². The number of nitrogens with zero attached hydrogens (tertiary/aromatic N) is 1. The molecule has 4 rings (SSSR count). The predicted molar refractivity (Wildman–Crippen MR) is 152 cm³/mol. The van der Waals surface area contributed by atoms with Crippen molar-refractivity contribution in [2.24, 2.45) is 0 Å². The second-order valence-electron chi connectivity index (χ2n) is 9.42. The normalized spacial score (nSPS) is 11.1. The molecule has 0 aliphatic heterocycles. The number of anilines is 1. The molecule has 0 aliphatic carbocycles. The van der Waals surface area contributed by atoms with Crippen molar-refractivity contribution in [3.8, 4) is 17.0 Å². The van der Waals surface area contributed by atoms with Gasteiger partial charge in [0, 0.05) is 10.9 Å². The summed E-state index contributed by atoms with van der Waals surface area (Å²) in [7, 11) is 1.59. The number of para-hydroxylation sites is 1. The van der Waals surface area contributed by atoms with Gasteiger partial charge in [-0.05, 0) is 76.6 Å². The van der Waals surface area contributed by atoms with E-state index in [2.05, 4.69) is 5.32 Å². The van der Waals surface area contributed by atoms with Crippen LogP contribution in [0.4, 0.5) is 5.00 Å². The number of amides is 1. The molecule has 4 aromatic rings. The highest BCUT2D eigenvalue weighted by Gasteiger charge is 2.29. The van der Waals surface area contributed by atoms with Gasteiger partial charge in [-0.3, -0.25) is 4.79 Å². The first kappa shape index (κ1) is 27.8. The summed E-state index contributed by atoms with van der Waals surface area (Å²) in [6, 6.07) is 16.4. The predicted octanol–water partition coefficient (Wildman–Crippen LogP) is 6.66. The van der Waals surface area contributed by atoms with Crippen LogP contribution in [-0.2, 0) is 9.47 Å². The number of hydrogen-bond donors (Lipinski definition) is 1. The highest BCUT2D eigenvalue weighted by atomic mass is 32.1. The molecule has 0 spiro atoms. The number of methoxy groups -OCH3 is 1. The Morgan fingerprint density at radius 1 is 0.897 bits per heavy atom. The molecular formula is C30H30N2O6S. The quantitative estimate of drug-likeness (QED) is 0.246. The van der Waals surface area contributed by atoms with Crippen molar-refractivity contribution in [3.63, 3.8) is 0 Å². The Morgan fingerprint density at radius 3 is 2.18 bits per heavy atom. The standard InChI is InChI=1S/C30H30N2O6S/c1-16(2)37-29(34)25-18(5)26(30(35)38-17(3)4)39-28(25)32-27(33)22-15-24(19-11-13-20(36-6)14-12-19)31-23-10-8-7-9-21(22)23/h7-17H,1-6H3,(H,32,33). The zero-order valence-electron chi connectivity index (χ0n) is 22.7. The molecule has 8 nitrogen and oxygen atoms in total. The fourth-order valence-corrected chi connectivity index (χ4v) is 5.10. The highest BCUT2D eigenvalue weighted by molar-refractivity contribution is 7.18. The van der Waals surface area contributed by atoms with Crippen LogP contribution in [0.25, 0.3) is 22.2 Å². The molecule has 0 atom stereocenters. The van der Waals surface area contributed by atoms with Crippen molar-refractivity contribution in [3.05, 3.63) is 76.2 Å². The third-order valence-electron chi connectivity index (χ3n) is 5.80. The summed E-state index contributed by atoms with van der Waals surface area (Å²) in [4.78, 5) is 44.5. The van der Waals surface area contributed by atoms with E-state index in [0.717, 1.165) is 16.9 Å². The van der Waals surface area contributed by atoms with Gasteiger partial charge in [0.2, 0.25) is 0 Å². The van der Waals surface area contributed by atoms with Gasteiger partial charge in [0.05, 0.1) is 41.7 Å². The topological polar surface area (TPSA) is 104 Å². The average molecular weight is 547 g/mol. The molecule has 0 radical (unpaired) electrons. The molecule has 0 aliphatic rings. The summed E-state index contributed by atoms with van der Waals surface area (Å²) in [5, 5.41) is 3.72. The third kappa shape index (κ3) is 6.09. The maximum atomic E-state index is 13.8. The lowest BCUT2D eigenvalue weighted by Gasteiger charge is -2.12. The first-order valence-electron chi connectivity index (χ1n) is 12.5. The van der Waals surface area contributed by atoms with Crippen LogP contribution >= 0.6 is 11.3 Å². The van der Waals surface area contributed by atoms with Crippen LogP contribution in [-0.4, -0.2) is 42.1 Å². The summed E-state index contributed by atoms with van der Waals surface area (Å²) < 4.78 is 16.0. The van der Waals surface area contributed by atoms with E-state index in [9.17, 15) is 14.4 Å². The SMILES string of the molecule is COc1ccc(-c2cc(C(=O)Nc3sc(C(=O)OC(C)C)c(C)c3C(=O)OC(C)C)c3ccccc3n2)cc1. The molecule has 1 N–H and O–H groups in total. The fourth-order valence-electron chi connectivity index (χ4n) is 4.03. The van der Waals surface area contributed by atoms with Crippen LogP contribution in [0, 0.1) is 6.92 Å². The Hall–Kier alpha value is -4.24. The van der Waals surface area contributed by atoms with Crippen molar-refractivity contribution in [2.75, 3.05) is 12.4 Å². The van der Waals surface area contributed by atoms with E-state index in [1.54, 1.807) is 47.8 Å². The van der Waals surface area contributed by atoms with Gasteiger partial charge in [-0.25, -0.2) is 14.6 Å². The van der Waals surface area contributed by atoms with Gasteiger partial charge in [0.15, 0.2) is 0 Å². The second kappa shape index (κ2) is 11.7. The van der Waals surface area contributed by atoms with Crippen LogP contribution < -0.4 is 10.1 Å². The second-order valence-corrected chi connectivity index (χ2v) is 10.4. The third-order valence-corrected chi connectivity index (χ3v) is 6.98. The van der Waals surface area contributed by atoms with Gasteiger partial charge < -0.3 is 19.5 Å². The molecular weight excluding hydrogens is 516 g/mol. The maximum Gasteiger partial charge on any atom is 0.348 e. The van der Waals surface area contributed by atoms with E-state index >= 15 is 0 Å². The van der Waals surface area contributed by atoms with Crippen molar-refractivity contribution in [1.29, 1.82) is 0 Å². The lowest BCUT2D eigenvalue weighted by molar-refractivity contribution is 0.0378. The lowest BCUT2D eigenvalue weighted by atomic mass is 10.0. The fraction of sp³-hybridized carbons (Fsp3) is 0.267. The Balaban J connectivity index is 1.79. The summed E-state index contributed by atoms with van der Waals surface area (Å²) in [5.41, 5.74) is 2.94. The molecule has 0 saturated heterocycles. The van der Waals surface area contributed by atoms with E-state index in [1.807, 2.05) is 48.5 Å². The molecule has 0 fully saturated rings. The molecule has 9 heteroatoms. The van der Waals surface area contributed by atoms with Crippen LogP contribution in [0.15, 0.2) is 54.6 Å². The highest BCUT2D eigenvalue weighted by Crippen LogP contribution is 2.36. The van der Waals surface area contributed by atoms with Crippen LogP contribution in [0.2, 0.25) is 0 Å². The molecule has 0 unspecified atom stereocenters. The molecule has 1 amide bonds. The van der Waals surface area contributed by atoms with Crippen LogP contribution in [0.3, 0.4) is 0 Å². The first-order valence-corrected chi connectivity index (χ1v) is 13.3. The Bertz CT molecular complexity index is 1540. The number of hydrogen-bond acceptors (Lipinski definition) is 8. The smallest absolute Gasteiger partial charge is 0.348 e. The lowest BCUT2D eigenvalue weighted by Crippen LogP contribution is -2.17. The van der Waals surface area contributed by atoms with E-state index in [0.29, 0.717) is 33.5 Å². The average Bonchev–Trinajstić information content (AvgIpc) is 3.22. The molecule has 2 heterocycles. The minimum atomic E-state index is -0.629. The first-order chi connectivity index (χ1) is 18.6. The van der Waals surface area contributed by atoms with Crippen molar-refractivity contribution < 1.29 is 28.6 Å². The minimum Gasteiger partial charge on any atom is -0.497 e. The summed E-state index contributed by atoms with van der Waals surface area (Å²) in [6.45, 7) is 8.59. The zero-order valence-corrected chi connectivity index (χ0v) is 23.5. The van der Waals surface area contributed by atoms with Crippen molar-refractivity contribution in [1.82, 2.24) is 4.98 Å². The summed E-state index contributed by atoms with van der Waals surface area (Å²) >= 11 is 0.988. The molecule has 2 aromatic carbocycles. The van der Waals surface area contributed by atoms with E-state index < -0.39 is 17.8 Å². The molecule has 0 bridgehead atoms. The number of rotatable bonds is 8. The number of thiophene rings is 1. The number of benzene rings is 2. The molecule has 2 aromatic heterocycles. The summed E-state index contributed by atoms with van der Waals surface area (Å²) in [6.07, 6.45) is -0.731. The van der Waals surface area contributed by atoms with Crippen LogP contribution in [0.5, 0.6) is 5.75 Å².